The van der Waals surface area contributed by atoms with Crippen LogP contribution in [0.3, 0.4) is 0 Å². The van der Waals surface area contributed by atoms with Crippen LogP contribution in [0.4, 0.5) is 0 Å². The Morgan fingerprint density at radius 3 is 2.89 bits per heavy atom. The van der Waals surface area contributed by atoms with Crippen molar-refractivity contribution < 1.29 is 5.11 Å². The van der Waals surface area contributed by atoms with E-state index in [9.17, 15) is 5.11 Å². The van der Waals surface area contributed by atoms with Gasteiger partial charge in [0.25, 0.3) is 0 Å². The number of fused-ring (bicyclic) bond motifs is 1. The van der Waals surface area contributed by atoms with E-state index < -0.39 is 6.10 Å². The monoisotopic (exact) mass is 274 g/mol. The minimum absolute atomic E-state index is 0.591. The zero-order valence-corrected chi connectivity index (χ0v) is 11.9. The van der Waals surface area contributed by atoms with Crippen molar-refractivity contribution in [1.29, 1.82) is 0 Å². The Hall–Kier alpha value is -1.23. The highest BCUT2D eigenvalue weighted by atomic mass is 32.1. The van der Waals surface area contributed by atoms with Gasteiger partial charge in [0.1, 0.15) is 11.1 Å². The SMILES string of the molecule is CCN1CCc2nc(C(O)c3ccccc3)sc2C1. The molecule has 3 nitrogen and oxygen atoms in total. The third-order valence-corrected chi connectivity index (χ3v) is 4.76. The first-order valence-corrected chi connectivity index (χ1v) is 7.53. The van der Waals surface area contributed by atoms with E-state index in [1.807, 2.05) is 30.3 Å². The van der Waals surface area contributed by atoms with Gasteiger partial charge in [-0.1, -0.05) is 37.3 Å². The van der Waals surface area contributed by atoms with Crippen LogP contribution < -0.4 is 0 Å². The van der Waals surface area contributed by atoms with Gasteiger partial charge in [0.2, 0.25) is 0 Å². The number of aromatic nitrogens is 1. The largest absolute Gasteiger partial charge is 0.381 e. The molecule has 0 saturated carbocycles. The number of hydrogen-bond acceptors (Lipinski definition) is 4. The van der Waals surface area contributed by atoms with Gasteiger partial charge in [0.05, 0.1) is 5.69 Å². The molecule has 1 N–H and O–H groups in total. The molecule has 0 radical (unpaired) electrons. The fourth-order valence-corrected chi connectivity index (χ4v) is 3.60. The molecule has 4 heteroatoms. The molecule has 0 spiro atoms. The van der Waals surface area contributed by atoms with Crippen LogP contribution in [0.15, 0.2) is 30.3 Å². The van der Waals surface area contributed by atoms with Crippen molar-refractivity contribution in [2.24, 2.45) is 0 Å². The summed E-state index contributed by atoms with van der Waals surface area (Å²) in [4.78, 5) is 8.37. The van der Waals surface area contributed by atoms with Crippen LogP contribution in [0.1, 0.15) is 34.2 Å². The Labute approximate surface area is 117 Å². The average molecular weight is 274 g/mol. The van der Waals surface area contributed by atoms with Gasteiger partial charge in [-0.05, 0) is 12.1 Å². The van der Waals surface area contributed by atoms with Crippen molar-refractivity contribution in [3.8, 4) is 0 Å². The molecule has 0 amide bonds. The second-order valence-electron chi connectivity index (χ2n) is 4.85. The summed E-state index contributed by atoms with van der Waals surface area (Å²) < 4.78 is 0. The summed E-state index contributed by atoms with van der Waals surface area (Å²) in [5.74, 6) is 0. The Kier molecular flexibility index (Phi) is 3.64. The minimum atomic E-state index is -0.591. The number of likely N-dealkylation sites (N-methyl/N-ethyl adjacent to an activating group) is 1. The smallest absolute Gasteiger partial charge is 0.131 e. The lowest BCUT2D eigenvalue weighted by molar-refractivity contribution is 0.219. The molecular weight excluding hydrogens is 256 g/mol. The van der Waals surface area contributed by atoms with Gasteiger partial charge in [-0.2, -0.15) is 0 Å². The van der Waals surface area contributed by atoms with Crippen molar-refractivity contribution in [2.75, 3.05) is 13.1 Å². The number of rotatable bonds is 3. The maximum atomic E-state index is 10.4. The molecule has 0 saturated heterocycles. The van der Waals surface area contributed by atoms with E-state index in [2.05, 4.69) is 16.8 Å². The summed E-state index contributed by atoms with van der Waals surface area (Å²) in [5, 5.41) is 11.2. The summed E-state index contributed by atoms with van der Waals surface area (Å²) in [6.07, 6.45) is 0.410. The normalized spacial score (nSPS) is 17.2. The van der Waals surface area contributed by atoms with E-state index in [-0.39, 0.29) is 0 Å². The van der Waals surface area contributed by atoms with Gasteiger partial charge in [-0.15, -0.1) is 11.3 Å². The molecular formula is C15H18N2OS. The first kappa shape index (κ1) is 12.8. The lowest BCUT2D eigenvalue weighted by Gasteiger charge is -2.23. The van der Waals surface area contributed by atoms with Gasteiger partial charge in [-0.25, -0.2) is 4.98 Å². The molecule has 0 fully saturated rings. The Balaban J connectivity index is 1.85. The topological polar surface area (TPSA) is 36.4 Å². The second-order valence-corrected chi connectivity index (χ2v) is 5.97. The van der Waals surface area contributed by atoms with Crippen LogP contribution in [-0.4, -0.2) is 28.1 Å². The van der Waals surface area contributed by atoms with E-state index in [1.165, 1.54) is 10.6 Å². The van der Waals surface area contributed by atoms with Crippen LogP contribution in [0.2, 0.25) is 0 Å². The van der Waals surface area contributed by atoms with Crippen molar-refractivity contribution in [3.63, 3.8) is 0 Å². The second kappa shape index (κ2) is 5.41. The zero-order chi connectivity index (χ0) is 13.2. The van der Waals surface area contributed by atoms with Gasteiger partial charge >= 0.3 is 0 Å². The molecule has 1 aromatic carbocycles. The van der Waals surface area contributed by atoms with Crippen LogP contribution in [-0.2, 0) is 13.0 Å². The zero-order valence-electron chi connectivity index (χ0n) is 11.0. The third-order valence-electron chi connectivity index (χ3n) is 3.62. The van der Waals surface area contributed by atoms with Gasteiger partial charge < -0.3 is 5.11 Å². The Morgan fingerprint density at radius 2 is 2.16 bits per heavy atom. The summed E-state index contributed by atoms with van der Waals surface area (Å²) in [6.45, 7) is 5.32. The predicted molar refractivity (Wildman–Crippen MR) is 77.3 cm³/mol. The van der Waals surface area contributed by atoms with E-state index in [1.54, 1.807) is 11.3 Å². The molecule has 1 unspecified atom stereocenters. The summed E-state index contributed by atoms with van der Waals surface area (Å²) in [7, 11) is 0. The van der Waals surface area contributed by atoms with Crippen LogP contribution in [0, 0.1) is 0 Å². The van der Waals surface area contributed by atoms with E-state index in [0.717, 1.165) is 36.6 Å². The molecule has 2 heterocycles. The summed E-state index contributed by atoms with van der Waals surface area (Å²) >= 11 is 1.65. The van der Waals surface area contributed by atoms with Crippen LogP contribution in [0.5, 0.6) is 0 Å². The van der Waals surface area contributed by atoms with E-state index in [4.69, 9.17) is 0 Å². The number of thiazole rings is 1. The predicted octanol–water partition coefficient (Wildman–Crippen LogP) is 2.60. The minimum Gasteiger partial charge on any atom is -0.381 e. The third kappa shape index (κ3) is 2.56. The molecule has 0 bridgehead atoms. The van der Waals surface area contributed by atoms with Crippen molar-refractivity contribution >= 4 is 11.3 Å². The molecule has 100 valence electrons. The Bertz CT molecular complexity index is 553. The molecule has 3 rings (SSSR count). The number of aliphatic hydroxyl groups is 1. The number of nitrogens with zero attached hydrogens (tertiary/aromatic N) is 2. The van der Waals surface area contributed by atoms with Crippen molar-refractivity contribution in [3.05, 3.63) is 51.5 Å². The molecule has 1 aliphatic rings. The van der Waals surface area contributed by atoms with E-state index in [0.29, 0.717) is 0 Å². The molecule has 0 aliphatic carbocycles. The summed E-state index contributed by atoms with van der Waals surface area (Å²) in [5.41, 5.74) is 2.10. The highest BCUT2D eigenvalue weighted by Crippen LogP contribution is 2.31. The molecule has 1 atom stereocenters. The highest BCUT2D eigenvalue weighted by Gasteiger charge is 2.22. The molecule has 1 aromatic heterocycles. The number of benzene rings is 1. The number of aliphatic hydroxyl groups excluding tert-OH is 1. The standard InChI is InChI=1S/C15H18N2OS/c1-2-17-9-8-12-13(10-17)19-15(16-12)14(18)11-6-4-3-5-7-11/h3-7,14,18H,2,8-10H2,1H3. The maximum absolute atomic E-state index is 10.4. The van der Waals surface area contributed by atoms with Gasteiger partial charge in [-0.3, -0.25) is 4.90 Å². The van der Waals surface area contributed by atoms with Gasteiger partial charge in [0, 0.05) is 24.4 Å². The van der Waals surface area contributed by atoms with Gasteiger partial charge in [0.15, 0.2) is 0 Å². The summed E-state index contributed by atoms with van der Waals surface area (Å²) in [6, 6.07) is 9.75. The fraction of sp³-hybridized carbons (Fsp3) is 0.400. The molecule has 2 aromatic rings. The lowest BCUT2D eigenvalue weighted by Crippen LogP contribution is -2.29. The van der Waals surface area contributed by atoms with Crippen molar-refractivity contribution in [1.82, 2.24) is 9.88 Å². The first-order chi connectivity index (χ1) is 9.28. The molecule has 1 aliphatic heterocycles. The first-order valence-electron chi connectivity index (χ1n) is 6.71. The lowest BCUT2D eigenvalue weighted by atomic mass is 10.1. The quantitative estimate of drug-likeness (QED) is 0.934. The maximum Gasteiger partial charge on any atom is 0.131 e. The van der Waals surface area contributed by atoms with Crippen molar-refractivity contribution in [2.45, 2.75) is 26.0 Å². The van der Waals surface area contributed by atoms with E-state index >= 15 is 0 Å². The average Bonchev–Trinajstić information content (AvgIpc) is 2.90. The number of hydrogen-bond donors (Lipinski definition) is 1. The fourth-order valence-electron chi connectivity index (χ4n) is 2.43. The Morgan fingerprint density at radius 1 is 1.37 bits per heavy atom. The van der Waals surface area contributed by atoms with Crippen LogP contribution in [0.25, 0.3) is 0 Å². The highest BCUT2D eigenvalue weighted by molar-refractivity contribution is 7.11. The van der Waals surface area contributed by atoms with Crippen LogP contribution >= 0.6 is 11.3 Å². The molecule has 19 heavy (non-hydrogen) atoms.